The number of nitrogens with one attached hydrogen (secondary N) is 1. The number of H-pyrrole nitrogens is 1. The van der Waals surface area contributed by atoms with Crippen LogP contribution in [0.25, 0.3) is 22.4 Å². The first kappa shape index (κ1) is 11.1. The Balaban J connectivity index is 2.18. The molecule has 3 aromatic rings. The number of aromatic amines is 1. The van der Waals surface area contributed by atoms with Gasteiger partial charge in [0.2, 0.25) is 0 Å². The molecule has 0 bridgehead atoms. The van der Waals surface area contributed by atoms with Crippen LogP contribution in [0.2, 0.25) is 0 Å². The number of hydrogen-bond donors (Lipinski definition) is 2. The maximum Gasteiger partial charge on any atom is 0.180 e. The van der Waals surface area contributed by atoms with Crippen molar-refractivity contribution in [1.82, 2.24) is 9.97 Å². The zero-order chi connectivity index (χ0) is 13.2. The Morgan fingerprint density at radius 2 is 2.11 bits per heavy atom. The Labute approximate surface area is 108 Å². The monoisotopic (exact) mass is 251 g/mol. The first-order chi connectivity index (χ1) is 9.29. The minimum absolute atomic E-state index is 0.0474. The zero-order valence-corrected chi connectivity index (χ0v) is 9.79. The van der Waals surface area contributed by atoms with Gasteiger partial charge in [-0.05, 0) is 24.3 Å². The number of rotatable bonds is 2. The maximum absolute atomic E-state index is 10.1. The van der Waals surface area contributed by atoms with E-state index in [4.69, 9.17) is 4.42 Å². The van der Waals surface area contributed by atoms with Crippen molar-refractivity contribution in [2.75, 3.05) is 0 Å². The van der Waals surface area contributed by atoms with E-state index in [1.54, 1.807) is 12.1 Å². The molecule has 92 valence electrons. The van der Waals surface area contributed by atoms with Crippen LogP contribution in [0.5, 0.6) is 0 Å². The van der Waals surface area contributed by atoms with E-state index in [9.17, 15) is 10.4 Å². The van der Waals surface area contributed by atoms with Crippen LogP contribution in [-0.2, 0) is 0 Å². The van der Waals surface area contributed by atoms with Crippen molar-refractivity contribution in [1.29, 1.82) is 5.26 Å². The highest BCUT2D eigenvalue weighted by Crippen LogP contribution is 2.24. The number of para-hydroxylation sites is 2. The summed E-state index contributed by atoms with van der Waals surface area (Å²) < 4.78 is 5.07. The molecule has 5 nitrogen and oxygen atoms in total. The van der Waals surface area contributed by atoms with E-state index in [0.29, 0.717) is 5.82 Å². The molecule has 0 aliphatic heterocycles. The molecule has 3 rings (SSSR count). The molecule has 0 aliphatic carbocycles. The van der Waals surface area contributed by atoms with E-state index in [1.807, 2.05) is 30.3 Å². The maximum atomic E-state index is 10.1. The minimum Gasteiger partial charge on any atom is -0.503 e. The number of aliphatic hydroxyl groups is 1. The molecule has 0 fully saturated rings. The summed E-state index contributed by atoms with van der Waals surface area (Å²) >= 11 is 0. The fourth-order valence-corrected chi connectivity index (χ4v) is 1.83. The number of fused-ring (bicyclic) bond motifs is 1. The quantitative estimate of drug-likeness (QED) is 0.541. The number of benzene rings is 1. The van der Waals surface area contributed by atoms with Crippen molar-refractivity contribution >= 4 is 22.4 Å². The first-order valence-electron chi connectivity index (χ1n) is 5.62. The molecule has 2 aromatic heterocycles. The molecule has 19 heavy (non-hydrogen) atoms. The largest absolute Gasteiger partial charge is 0.503 e. The average molecular weight is 251 g/mol. The fourth-order valence-electron chi connectivity index (χ4n) is 1.83. The molecule has 5 heteroatoms. The summed E-state index contributed by atoms with van der Waals surface area (Å²) in [6.45, 7) is 0. The second kappa shape index (κ2) is 4.35. The van der Waals surface area contributed by atoms with Crippen molar-refractivity contribution in [2.24, 2.45) is 0 Å². The van der Waals surface area contributed by atoms with E-state index in [-0.39, 0.29) is 17.1 Å². The number of allylic oxidation sites excluding steroid dienone is 1. The second-order valence-corrected chi connectivity index (χ2v) is 3.92. The highest BCUT2D eigenvalue weighted by molar-refractivity contribution is 5.93. The lowest BCUT2D eigenvalue weighted by Crippen LogP contribution is -1.90. The van der Waals surface area contributed by atoms with E-state index >= 15 is 0 Å². The fraction of sp³-hybridized carbons (Fsp3) is 0. The predicted octanol–water partition coefficient (Wildman–Crippen LogP) is 3.11. The van der Waals surface area contributed by atoms with Crippen LogP contribution in [0.15, 0.2) is 47.1 Å². The van der Waals surface area contributed by atoms with Crippen molar-refractivity contribution in [3.05, 3.63) is 54.2 Å². The number of aliphatic hydroxyl groups excluding tert-OH is 1. The summed E-state index contributed by atoms with van der Waals surface area (Å²) in [6.07, 6.45) is 1.43. The molecule has 0 aliphatic rings. The minimum atomic E-state index is -0.230. The lowest BCUT2D eigenvalue weighted by Gasteiger charge is -1.97. The average Bonchev–Trinajstić information content (AvgIpc) is 3.08. The van der Waals surface area contributed by atoms with Gasteiger partial charge >= 0.3 is 0 Å². The van der Waals surface area contributed by atoms with Crippen molar-refractivity contribution in [3.63, 3.8) is 0 Å². The first-order valence-corrected chi connectivity index (χ1v) is 5.62. The third-order valence-electron chi connectivity index (χ3n) is 2.73. The summed E-state index contributed by atoms with van der Waals surface area (Å²) in [4.78, 5) is 7.27. The number of nitrogens with zero attached hydrogens (tertiary/aromatic N) is 2. The van der Waals surface area contributed by atoms with Gasteiger partial charge in [-0.3, -0.25) is 0 Å². The number of hydrogen-bond acceptors (Lipinski definition) is 4. The lowest BCUT2D eigenvalue weighted by molar-refractivity contribution is 0.461. The van der Waals surface area contributed by atoms with E-state index in [2.05, 4.69) is 9.97 Å². The van der Waals surface area contributed by atoms with Gasteiger partial charge in [-0.25, -0.2) is 4.98 Å². The van der Waals surface area contributed by atoms with Gasteiger partial charge in [-0.2, -0.15) is 5.26 Å². The third kappa shape index (κ3) is 1.85. The summed E-state index contributed by atoms with van der Waals surface area (Å²) in [6, 6.07) is 12.6. The highest BCUT2D eigenvalue weighted by atomic mass is 16.4. The molecule has 0 radical (unpaired) electrons. The summed E-state index contributed by atoms with van der Waals surface area (Å²) in [5, 5.41) is 19.3. The molecule has 2 heterocycles. The van der Waals surface area contributed by atoms with Gasteiger partial charge in [-0.15, -0.1) is 0 Å². The van der Waals surface area contributed by atoms with Gasteiger partial charge in [0.05, 0.1) is 17.3 Å². The van der Waals surface area contributed by atoms with Gasteiger partial charge in [-0.1, -0.05) is 12.1 Å². The normalized spacial score (nSPS) is 12.2. The summed E-state index contributed by atoms with van der Waals surface area (Å²) in [7, 11) is 0. The molecule has 1 aromatic carbocycles. The summed E-state index contributed by atoms with van der Waals surface area (Å²) in [5.41, 5.74) is 1.58. The molecule has 0 spiro atoms. The van der Waals surface area contributed by atoms with Crippen molar-refractivity contribution in [2.45, 2.75) is 0 Å². The van der Waals surface area contributed by atoms with Crippen LogP contribution >= 0.6 is 0 Å². The van der Waals surface area contributed by atoms with Crippen LogP contribution < -0.4 is 0 Å². The van der Waals surface area contributed by atoms with E-state index < -0.39 is 0 Å². The highest BCUT2D eigenvalue weighted by Gasteiger charge is 2.16. The van der Waals surface area contributed by atoms with Gasteiger partial charge in [0, 0.05) is 0 Å². The Bertz CT molecular complexity index is 759. The molecule has 0 amide bonds. The zero-order valence-electron chi connectivity index (χ0n) is 9.79. The number of imidazole rings is 1. The number of furan rings is 1. The Kier molecular flexibility index (Phi) is 2.54. The Morgan fingerprint density at radius 3 is 2.79 bits per heavy atom. The van der Waals surface area contributed by atoms with Crippen LogP contribution in [0, 0.1) is 11.3 Å². The van der Waals surface area contributed by atoms with Crippen LogP contribution in [0.1, 0.15) is 11.6 Å². The van der Waals surface area contributed by atoms with Crippen LogP contribution in [0.4, 0.5) is 0 Å². The Hall–Kier alpha value is -3.00. The lowest BCUT2D eigenvalue weighted by atomic mass is 10.2. The molecule has 2 N–H and O–H groups in total. The van der Waals surface area contributed by atoms with E-state index in [1.165, 1.54) is 6.26 Å². The van der Waals surface area contributed by atoms with Crippen LogP contribution in [-0.4, -0.2) is 15.1 Å². The molecular weight excluding hydrogens is 242 g/mol. The van der Waals surface area contributed by atoms with Gasteiger partial charge < -0.3 is 14.5 Å². The van der Waals surface area contributed by atoms with Gasteiger partial charge in [0.25, 0.3) is 0 Å². The number of aromatic nitrogens is 2. The standard InChI is InChI=1S/C14H9N3O2/c15-8-9(13(18)12-6-3-7-19-12)14-16-10-4-1-2-5-11(10)17-14/h1-7,18H,(H,16,17)/b13-9-. The topological polar surface area (TPSA) is 85.8 Å². The smallest absolute Gasteiger partial charge is 0.180 e. The molecule has 0 atom stereocenters. The molecule has 0 saturated carbocycles. The second-order valence-electron chi connectivity index (χ2n) is 3.92. The molecule has 0 unspecified atom stereocenters. The SMILES string of the molecule is N#C/C(=C(/O)c1ccco1)c1nc2ccccc2[nH]1. The van der Waals surface area contributed by atoms with Crippen molar-refractivity contribution in [3.8, 4) is 6.07 Å². The van der Waals surface area contributed by atoms with Crippen LogP contribution in [0.3, 0.4) is 0 Å². The molecule has 0 saturated heterocycles. The predicted molar refractivity (Wildman–Crippen MR) is 69.9 cm³/mol. The van der Waals surface area contributed by atoms with Crippen molar-refractivity contribution < 1.29 is 9.52 Å². The van der Waals surface area contributed by atoms with Gasteiger partial charge in [0.1, 0.15) is 11.6 Å². The van der Waals surface area contributed by atoms with Gasteiger partial charge in [0.15, 0.2) is 17.3 Å². The summed E-state index contributed by atoms with van der Waals surface area (Å²) in [5.74, 6) is 0.321. The Morgan fingerprint density at radius 1 is 1.26 bits per heavy atom. The number of nitriles is 1. The third-order valence-corrected chi connectivity index (χ3v) is 2.73. The molecular formula is C14H9N3O2. The van der Waals surface area contributed by atoms with E-state index in [0.717, 1.165) is 11.0 Å².